The van der Waals surface area contributed by atoms with E-state index in [1.165, 1.54) is 17.1 Å². The highest BCUT2D eigenvalue weighted by Gasteiger charge is 2.36. The maximum Gasteiger partial charge on any atom is 0.228 e. The molecule has 0 aliphatic carbocycles. The molecule has 180 valence electrons. The largest absolute Gasteiger partial charge is 0.370 e. The first kappa shape index (κ1) is 23.0. The van der Waals surface area contributed by atoms with Gasteiger partial charge in [-0.1, -0.05) is 6.07 Å². The van der Waals surface area contributed by atoms with Crippen molar-refractivity contribution >= 4 is 5.91 Å². The smallest absolute Gasteiger partial charge is 0.228 e. The van der Waals surface area contributed by atoms with E-state index >= 15 is 0 Å². The summed E-state index contributed by atoms with van der Waals surface area (Å²) in [5, 5.41) is 20.4. The molecule has 1 amide bonds. The Morgan fingerprint density at radius 1 is 1.23 bits per heavy atom. The SMILES string of the molecule is Cc1nc(CC(=O)N2CCN3C[C@@H](c4ccc(F)c(C#N)c4C)OC[C@H]3C2)ccc1-n1cnnn1. The lowest BCUT2D eigenvalue weighted by Crippen LogP contribution is -2.59. The first-order valence-corrected chi connectivity index (χ1v) is 11.5. The molecular weight excluding hydrogens is 451 g/mol. The van der Waals surface area contributed by atoms with E-state index in [2.05, 4.69) is 25.4 Å². The number of rotatable bonds is 4. The summed E-state index contributed by atoms with van der Waals surface area (Å²) < 4.78 is 21.6. The lowest BCUT2D eigenvalue weighted by atomic mass is 9.96. The number of fused-ring (bicyclic) bond motifs is 1. The van der Waals surface area contributed by atoms with Crippen LogP contribution in [0, 0.1) is 31.0 Å². The summed E-state index contributed by atoms with van der Waals surface area (Å²) in [7, 11) is 0. The molecule has 0 spiro atoms. The molecule has 4 heterocycles. The van der Waals surface area contributed by atoms with Crippen LogP contribution in [0.1, 0.15) is 34.2 Å². The monoisotopic (exact) mass is 476 g/mol. The lowest BCUT2D eigenvalue weighted by Gasteiger charge is -2.46. The van der Waals surface area contributed by atoms with Crippen molar-refractivity contribution in [1.29, 1.82) is 5.26 Å². The van der Waals surface area contributed by atoms with Crippen LogP contribution in [0.3, 0.4) is 0 Å². The molecule has 10 nitrogen and oxygen atoms in total. The summed E-state index contributed by atoms with van der Waals surface area (Å²) in [6, 6.07) is 8.77. The zero-order valence-corrected chi connectivity index (χ0v) is 19.6. The molecule has 1 aromatic carbocycles. The zero-order chi connectivity index (χ0) is 24.5. The number of tetrazole rings is 1. The number of pyridine rings is 1. The fraction of sp³-hybridized carbons (Fsp3) is 0.417. The molecule has 5 rings (SSSR count). The molecule has 2 fully saturated rings. The lowest BCUT2D eigenvalue weighted by molar-refractivity contribution is -0.139. The number of nitrogens with zero attached hydrogens (tertiary/aromatic N) is 8. The van der Waals surface area contributed by atoms with E-state index in [1.807, 2.05) is 30.0 Å². The molecule has 0 N–H and O–H groups in total. The summed E-state index contributed by atoms with van der Waals surface area (Å²) in [4.78, 5) is 21.8. The van der Waals surface area contributed by atoms with Crippen LogP contribution < -0.4 is 0 Å². The van der Waals surface area contributed by atoms with Crippen LogP contribution in [0.25, 0.3) is 5.69 Å². The van der Waals surface area contributed by atoms with E-state index in [-0.39, 0.29) is 30.0 Å². The van der Waals surface area contributed by atoms with Gasteiger partial charge in [-0.05, 0) is 53.6 Å². The number of morpholine rings is 1. The number of carbonyl (C=O) groups excluding carboxylic acids is 1. The van der Waals surface area contributed by atoms with Crippen molar-refractivity contribution in [3.63, 3.8) is 0 Å². The summed E-state index contributed by atoms with van der Waals surface area (Å²) in [6.07, 6.45) is 1.50. The van der Waals surface area contributed by atoms with Crippen molar-refractivity contribution < 1.29 is 13.9 Å². The number of piperazine rings is 1. The third-order valence-corrected chi connectivity index (χ3v) is 6.81. The predicted octanol–water partition coefficient (Wildman–Crippen LogP) is 1.51. The third-order valence-electron chi connectivity index (χ3n) is 6.81. The van der Waals surface area contributed by atoms with E-state index in [4.69, 9.17) is 4.74 Å². The Kier molecular flexibility index (Phi) is 6.23. The van der Waals surface area contributed by atoms with E-state index < -0.39 is 5.82 Å². The second-order valence-electron chi connectivity index (χ2n) is 8.90. The normalized spacial score (nSPS) is 20.3. The fourth-order valence-electron chi connectivity index (χ4n) is 4.86. The number of halogens is 1. The van der Waals surface area contributed by atoms with Gasteiger partial charge in [-0.3, -0.25) is 14.7 Å². The predicted molar refractivity (Wildman–Crippen MR) is 122 cm³/mol. The third kappa shape index (κ3) is 4.50. The Labute approximate surface area is 201 Å². The van der Waals surface area contributed by atoms with Gasteiger partial charge in [0.25, 0.3) is 0 Å². The minimum absolute atomic E-state index is 0.0295. The average Bonchev–Trinajstić information content (AvgIpc) is 3.38. The molecule has 2 aliphatic heterocycles. The van der Waals surface area contributed by atoms with E-state index in [0.717, 1.165) is 23.5 Å². The van der Waals surface area contributed by atoms with Crippen LogP contribution >= 0.6 is 0 Å². The number of aryl methyl sites for hydroxylation is 1. The van der Waals surface area contributed by atoms with Gasteiger partial charge in [-0.25, -0.2) is 4.39 Å². The van der Waals surface area contributed by atoms with Crippen LogP contribution in [-0.4, -0.2) is 79.7 Å². The van der Waals surface area contributed by atoms with Crippen LogP contribution in [-0.2, 0) is 16.0 Å². The molecule has 0 saturated carbocycles. The number of amides is 1. The van der Waals surface area contributed by atoms with Crippen molar-refractivity contribution in [1.82, 2.24) is 35.0 Å². The maximum absolute atomic E-state index is 13.9. The van der Waals surface area contributed by atoms with Crippen molar-refractivity contribution in [2.75, 3.05) is 32.8 Å². The molecule has 2 aliphatic rings. The van der Waals surface area contributed by atoms with Gasteiger partial charge < -0.3 is 9.64 Å². The molecule has 0 bridgehead atoms. The molecule has 35 heavy (non-hydrogen) atoms. The first-order valence-electron chi connectivity index (χ1n) is 11.5. The Morgan fingerprint density at radius 2 is 2.09 bits per heavy atom. The van der Waals surface area contributed by atoms with Crippen LogP contribution in [0.4, 0.5) is 4.39 Å². The summed E-state index contributed by atoms with van der Waals surface area (Å²) in [5.74, 6) is -0.480. The van der Waals surface area contributed by atoms with Crippen molar-refractivity contribution in [3.05, 3.63) is 64.5 Å². The number of hydrogen-bond donors (Lipinski definition) is 0. The number of nitriles is 1. The Morgan fingerprint density at radius 3 is 2.83 bits per heavy atom. The second-order valence-corrected chi connectivity index (χ2v) is 8.90. The van der Waals surface area contributed by atoms with E-state index in [9.17, 15) is 14.4 Å². The van der Waals surface area contributed by atoms with Gasteiger partial charge in [0, 0.05) is 26.2 Å². The maximum atomic E-state index is 13.9. The molecule has 0 unspecified atom stereocenters. The number of carbonyl (C=O) groups is 1. The highest BCUT2D eigenvalue weighted by Crippen LogP contribution is 2.31. The highest BCUT2D eigenvalue weighted by molar-refractivity contribution is 5.78. The van der Waals surface area contributed by atoms with Crippen molar-refractivity contribution in [2.45, 2.75) is 32.4 Å². The van der Waals surface area contributed by atoms with E-state index in [0.29, 0.717) is 37.5 Å². The topological polar surface area (TPSA) is 113 Å². The first-order chi connectivity index (χ1) is 16.9. The number of aromatic nitrogens is 5. The summed E-state index contributed by atoms with van der Waals surface area (Å²) >= 11 is 0. The number of ether oxygens (including phenoxy) is 1. The molecule has 2 aromatic heterocycles. The Balaban J connectivity index is 1.21. The number of hydrogen-bond acceptors (Lipinski definition) is 8. The number of benzene rings is 1. The van der Waals surface area contributed by atoms with Crippen LogP contribution in [0.15, 0.2) is 30.6 Å². The van der Waals surface area contributed by atoms with Gasteiger partial charge in [-0.15, -0.1) is 5.10 Å². The quantitative estimate of drug-likeness (QED) is 0.557. The zero-order valence-electron chi connectivity index (χ0n) is 19.6. The molecule has 3 aromatic rings. The molecule has 2 saturated heterocycles. The van der Waals surface area contributed by atoms with E-state index in [1.54, 1.807) is 13.0 Å². The minimum Gasteiger partial charge on any atom is -0.370 e. The molecular formula is C24H25FN8O2. The van der Waals surface area contributed by atoms with Gasteiger partial charge in [0.2, 0.25) is 5.91 Å². The van der Waals surface area contributed by atoms with Gasteiger partial charge in [0.05, 0.1) is 47.8 Å². The van der Waals surface area contributed by atoms with Gasteiger partial charge >= 0.3 is 0 Å². The van der Waals surface area contributed by atoms with Crippen molar-refractivity contribution in [2.24, 2.45) is 0 Å². The standard InChI is InChI=1S/C24H25FN8O2/c1-15-19(4-5-21(25)20(15)10-26)23-12-31-7-8-32(11-18(31)13-35-23)24(34)9-17-3-6-22(16(2)28-17)33-14-27-29-30-33/h3-6,14,18,23H,7-9,11-13H2,1-2H3/t18-,23+/m1/s1. The Hall–Kier alpha value is -3.75. The summed E-state index contributed by atoms with van der Waals surface area (Å²) in [6.45, 7) is 6.66. The Bertz CT molecular complexity index is 1290. The van der Waals surface area contributed by atoms with Crippen LogP contribution in [0.2, 0.25) is 0 Å². The van der Waals surface area contributed by atoms with Gasteiger partial charge in [0.15, 0.2) is 0 Å². The fourth-order valence-corrected chi connectivity index (χ4v) is 4.86. The van der Waals surface area contributed by atoms with Crippen LogP contribution in [0.5, 0.6) is 0 Å². The van der Waals surface area contributed by atoms with Crippen molar-refractivity contribution in [3.8, 4) is 11.8 Å². The highest BCUT2D eigenvalue weighted by atomic mass is 19.1. The molecule has 11 heteroatoms. The van der Waals surface area contributed by atoms with Gasteiger partial charge in [0.1, 0.15) is 18.2 Å². The van der Waals surface area contributed by atoms with Gasteiger partial charge in [-0.2, -0.15) is 9.94 Å². The molecule has 0 radical (unpaired) electrons. The summed E-state index contributed by atoms with van der Waals surface area (Å²) in [5.41, 5.74) is 3.75. The average molecular weight is 477 g/mol. The molecule has 2 atom stereocenters. The minimum atomic E-state index is -0.510. The second kappa shape index (κ2) is 9.48.